The predicted molar refractivity (Wildman–Crippen MR) is 136 cm³/mol. The van der Waals surface area contributed by atoms with E-state index in [1.165, 1.54) is 19.2 Å². The smallest absolute Gasteiger partial charge is 0.310 e. The number of nitrogens with zero attached hydrogens (tertiary/aromatic N) is 2. The van der Waals surface area contributed by atoms with Gasteiger partial charge in [-0.1, -0.05) is 18.1 Å². The first-order valence-electron chi connectivity index (χ1n) is 12.3. The van der Waals surface area contributed by atoms with Gasteiger partial charge in [0.1, 0.15) is 5.75 Å². The van der Waals surface area contributed by atoms with Crippen molar-refractivity contribution in [1.29, 1.82) is 0 Å². The predicted octanol–water partition coefficient (Wildman–Crippen LogP) is 4.65. The van der Waals surface area contributed by atoms with Crippen molar-refractivity contribution in [3.8, 4) is 17.7 Å². The van der Waals surface area contributed by atoms with Gasteiger partial charge in [-0.2, -0.15) is 0 Å². The van der Waals surface area contributed by atoms with E-state index in [0.29, 0.717) is 38.1 Å². The largest absolute Gasteiger partial charge is 0.497 e. The Morgan fingerprint density at radius 2 is 2.08 bits per heavy atom. The molecule has 1 aromatic heterocycles. The molecule has 1 saturated heterocycles. The molecule has 0 spiro atoms. The van der Waals surface area contributed by atoms with Crippen molar-refractivity contribution < 1.29 is 28.2 Å². The maximum absolute atomic E-state index is 13.9. The summed E-state index contributed by atoms with van der Waals surface area (Å²) in [6.07, 6.45) is 2.82. The number of likely N-dealkylation sites (tertiary alicyclic amines) is 1. The van der Waals surface area contributed by atoms with Gasteiger partial charge in [0.05, 0.1) is 31.8 Å². The number of piperidine rings is 1. The maximum Gasteiger partial charge on any atom is 0.310 e. The number of aliphatic hydroxyl groups excluding tert-OH is 1. The number of esters is 1. The summed E-state index contributed by atoms with van der Waals surface area (Å²) in [5.41, 5.74) is 1.74. The fourth-order valence-electron chi connectivity index (χ4n) is 4.89. The van der Waals surface area contributed by atoms with Crippen LogP contribution in [-0.2, 0) is 16.0 Å². The molecule has 1 aliphatic rings. The molecule has 37 heavy (non-hydrogen) atoms. The van der Waals surface area contributed by atoms with Crippen molar-refractivity contribution in [2.24, 2.45) is 11.8 Å². The third-order valence-corrected chi connectivity index (χ3v) is 6.96. The number of hydrogen-bond acceptors (Lipinski definition) is 6. The van der Waals surface area contributed by atoms with Crippen LogP contribution in [0.3, 0.4) is 0 Å². The van der Waals surface area contributed by atoms with Gasteiger partial charge in [-0.25, -0.2) is 8.78 Å². The minimum absolute atomic E-state index is 0.0171. The number of rotatable bonds is 7. The van der Waals surface area contributed by atoms with Crippen molar-refractivity contribution in [3.05, 3.63) is 71.4 Å². The zero-order valence-corrected chi connectivity index (χ0v) is 20.9. The highest BCUT2D eigenvalue weighted by molar-refractivity contribution is 5.83. The molecular weight excluding hydrogens is 478 g/mol. The summed E-state index contributed by atoms with van der Waals surface area (Å²) < 4.78 is 37.7. The number of methoxy groups -OCH3 is 2. The molecule has 3 atom stereocenters. The van der Waals surface area contributed by atoms with Crippen molar-refractivity contribution in [3.63, 3.8) is 0 Å². The zero-order chi connectivity index (χ0) is 26.4. The number of ether oxygens (including phenoxy) is 2. The Morgan fingerprint density at radius 3 is 2.86 bits per heavy atom. The first-order chi connectivity index (χ1) is 17.9. The van der Waals surface area contributed by atoms with Gasteiger partial charge in [-0.15, -0.1) is 0 Å². The summed E-state index contributed by atoms with van der Waals surface area (Å²) >= 11 is 0. The van der Waals surface area contributed by atoms with E-state index in [0.717, 1.165) is 22.5 Å². The summed E-state index contributed by atoms with van der Waals surface area (Å²) in [7, 11) is 2.96. The number of fused-ring (bicyclic) bond motifs is 1. The molecule has 194 valence electrons. The number of aromatic nitrogens is 1. The van der Waals surface area contributed by atoms with Gasteiger partial charge in [-0.05, 0) is 61.1 Å². The van der Waals surface area contributed by atoms with Gasteiger partial charge >= 0.3 is 5.97 Å². The van der Waals surface area contributed by atoms with Crippen LogP contribution in [0, 0.1) is 35.4 Å². The average Bonchev–Trinajstić information content (AvgIpc) is 2.93. The Kier molecular flexibility index (Phi) is 8.57. The lowest BCUT2D eigenvalue weighted by Crippen LogP contribution is -2.42. The van der Waals surface area contributed by atoms with Crippen molar-refractivity contribution >= 4 is 16.9 Å². The maximum atomic E-state index is 13.9. The molecule has 1 fully saturated rings. The fourth-order valence-corrected chi connectivity index (χ4v) is 4.89. The molecular formula is C29H30F2N2O4. The van der Waals surface area contributed by atoms with E-state index in [1.807, 2.05) is 29.2 Å². The number of hydrogen-bond donors (Lipinski definition) is 1. The van der Waals surface area contributed by atoms with Gasteiger partial charge in [0.15, 0.2) is 11.6 Å². The molecule has 1 N–H and O–H groups in total. The third kappa shape index (κ3) is 6.17. The first kappa shape index (κ1) is 26.4. The average molecular weight is 509 g/mol. The highest BCUT2D eigenvalue weighted by atomic mass is 19.2. The lowest BCUT2D eigenvalue weighted by Gasteiger charge is -2.35. The Morgan fingerprint density at radius 1 is 1.24 bits per heavy atom. The topological polar surface area (TPSA) is 71.9 Å². The Bertz CT molecular complexity index is 1320. The van der Waals surface area contributed by atoms with E-state index in [2.05, 4.69) is 16.9 Å². The lowest BCUT2D eigenvalue weighted by molar-refractivity contribution is -0.149. The highest BCUT2D eigenvalue weighted by Gasteiger charge is 2.34. The Labute approximate surface area is 215 Å². The quantitative estimate of drug-likeness (QED) is 0.370. The monoisotopic (exact) mass is 508 g/mol. The van der Waals surface area contributed by atoms with Gasteiger partial charge < -0.3 is 19.5 Å². The fraction of sp³-hybridized carbons (Fsp3) is 0.379. The molecule has 8 heteroatoms. The molecule has 2 heterocycles. The van der Waals surface area contributed by atoms with Crippen molar-refractivity contribution in [2.45, 2.75) is 31.8 Å². The van der Waals surface area contributed by atoms with Crippen LogP contribution in [0.5, 0.6) is 5.75 Å². The molecule has 0 amide bonds. The van der Waals surface area contributed by atoms with Crippen LogP contribution in [0.15, 0.2) is 48.7 Å². The second-order valence-corrected chi connectivity index (χ2v) is 9.18. The molecule has 1 unspecified atom stereocenters. The lowest BCUT2D eigenvalue weighted by atomic mass is 9.81. The number of pyridine rings is 1. The van der Waals surface area contributed by atoms with Crippen LogP contribution in [0.4, 0.5) is 8.78 Å². The van der Waals surface area contributed by atoms with Gasteiger partial charge in [0.25, 0.3) is 0 Å². The Hall–Kier alpha value is -3.70. The van der Waals surface area contributed by atoms with E-state index in [-0.39, 0.29) is 23.9 Å². The van der Waals surface area contributed by atoms with E-state index in [9.17, 15) is 18.7 Å². The standard InChI is InChI=1S/C29H30F2N2O4/c1-36-21-9-10-26-23(17-21)22(12-14-32-26)27(34)11-8-19-13-16-33(18-24(19)29(35)37-2)15-4-6-20-5-3-7-25(30)28(20)31/h3,5,7,9-10,12,14,17,19,24,27,34H,6,8,11,13,16,18H2,1-2H3/t19-,24+,27?/m1/s1. The van der Waals surface area contributed by atoms with E-state index < -0.39 is 23.7 Å². The second kappa shape index (κ2) is 12.0. The van der Waals surface area contributed by atoms with Gasteiger partial charge in [0, 0.05) is 42.7 Å². The molecule has 1 aliphatic heterocycles. The van der Waals surface area contributed by atoms with Crippen LogP contribution in [0.25, 0.3) is 10.9 Å². The minimum atomic E-state index is -0.896. The molecule has 0 aliphatic carbocycles. The highest BCUT2D eigenvalue weighted by Crippen LogP contribution is 2.34. The normalized spacial score (nSPS) is 18.1. The van der Waals surface area contributed by atoms with Crippen LogP contribution in [0.1, 0.15) is 36.5 Å². The van der Waals surface area contributed by atoms with Gasteiger partial charge in [-0.3, -0.25) is 9.78 Å². The number of halogens is 2. The number of aliphatic hydroxyl groups is 1. The molecule has 0 bridgehead atoms. The van der Waals surface area contributed by atoms with E-state index >= 15 is 0 Å². The summed E-state index contributed by atoms with van der Waals surface area (Å²) in [4.78, 5) is 18.8. The minimum Gasteiger partial charge on any atom is -0.497 e. The Balaban J connectivity index is 1.41. The van der Waals surface area contributed by atoms with Crippen LogP contribution in [-0.4, -0.2) is 48.3 Å². The third-order valence-electron chi connectivity index (χ3n) is 6.96. The van der Waals surface area contributed by atoms with Crippen LogP contribution in [0.2, 0.25) is 0 Å². The summed E-state index contributed by atoms with van der Waals surface area (Å²) in [5, 5.41) is 11.9. The summed E-state index contributed by atoms with van der Waals surface area (Å²) in [6.45, 7) is 1.00. The number of benzene rings is 2. The molecule has 6 nitrogen and oxygen atoms in total. The van der Waals surface area contributed by atoms with E-state index in [1.54, 1.807) is 13.3 Å². The summed E-state index contributed by atoms with van der Waals surface area (Å²) in [6, 6.07) is 14.4. The molecule has 2 aromatic carbocycles. The number of carbonyl (C=O) groups excluding carboxylic acids is 1. The second-order valence-electron chi connectivity index (χ2n) is 9.18. The molecule has 0 saturated carbocycles. The van der Waals surface area contributed by atoms with Crippen LogP contribution < -0.4 is 4.74 Å². The van der Waals surface area contributed by atoms with E-state index in [4.69, 9.17) is 9.47 Å². The van der Waals surface area contributed by atoms with Crippen LogP contribution >= 0.6 is 0 Å². The number of carbonyl (C=O) groups is 1. The molecule has 4 rings (SSSR count). The zero-order valence-electron chi connectivity index (χ0n) is 20.9. The van der Waals surface area contributed by atoms with Crippen molar-refractivity contribution in [2.75, 3.05) is 27.3 Å². The SMILES string of the molecule is COC(=O)[C@H]1CN(C#CCc2cccc(F)c2F)CC[C@H]1CCC(O)c1ccnc2ccc(OC)cc12. The molecule has 3 aromatic rings. The molecule has 0 radical (unpaired) electrons. The van der Waals surface area contributed by atoms with Gasteiger partial charge in [0.2, 0.25) is 0 Å². The van der Waals surface area contributed by atoms with Crippen molar-refractivity contribution in [1.82, 2.24) is 9.88 Å². The summed E-state index contributed by atoms with van der Waals surface area (Å²) in [5.74, 6) is 1.09. The first-order valence-corrected chi connectivity index (χ1v) is 12.3.